The number of aryl methyl sites for hydroxylation is 1. The maximum atomic E-state index is 13.0. The first-order chi connectivity index (χ1) is 16.0. The summed E-state index contributed by atoms with van der Waals surface area (Å²) < 4.78 is 23.0. The molecule has 0 aromatic heterocycles. The minimum Gasteiger partial charge on any atom is -0.487 e. The first-order valence-electron chi connectivity index (χ1n) is 12.3. The Balaban J connectivity index is 1.82. The van der Waals surface area contributed by atoms with Gasteiger partial charge in [-0.1, -0.05) is 25.0 Å². The standard InChI is InChI=1S/C26H40NO6P/c1-8-9-19-15-22(31-25(28)27(7)12-13-30-34(29)33-17(2)3)24-20-14-18(4)10-11-21(20)26(5,6)32-23(24)16-19/h14-17,20-21,29H,8-13H2,1-7H3/t20?,21-,34?/m1/s1. The fraction of sp³-hybridized carbons (Fsp3) is 0.654. The highest BCUT2D eigenvalue weighted by Gasteiger charge is 2.45. The molecule has 0 spiro atoms. The Kier molecular flexibility index (Phi) is 9.02. The second-order valence-electron chi connectivity index (χ2n) is 10.2. The highest BCUT2D eigenvalue weighted by atomic mass is 31.2. The molecule has 2 unspecified atom stereocenters. The minimum absolute atomic E-state index is 0.131. The van der Waals surface area contributed by atoms with Gasteiger partial charge in [-0.3, -0.25) is 0 Å². The van der Waals surface area contributed by atoms with Gasteiger partial charge in [-0.15, -0.1) is 0 Å². The third kappa shape index (κ3) is 6.51. The van der Waals surface area contributed by atoms with Crippen molar-refractivity contribution in [3.05, 3.63) is 34.9 Å². The van der Waals surface area contributed by atoms with E-state index in [-0.39, 0.29) is 30.8 Å². The summed E-state index contributed by atoms with van der Waals surface area (Å²) in [7, 11) is -0.301. The highest BCUT2D eigenvalue weighted by molar-refractivity contribution is 7.40. The van der Waals surface area contributed by atoms with E-state index in [4.69, 9.17) is 18.5 Å². The van der Waals surface area contributed by atoms with Crippen molar-refractivity contribution in [3.8, 4) is 11.5 Å². The van der Waals surface area contributed by atoms with E-state index in [0.717, 1.165) is 42.6 Å². The quantitative estimate of drug-likeness (QED) is 0.319. The van der Waals surface area contributed by atoms with E-state index in [1.54, 1.807) is 7.05 Å². The van der Waals surface area contributed by atoms with E-state index < -0.39 is 14.7 Å². The summed E-state index contributed by atoms with van der Waals surface area (Å²) in [6.07, 6.45) is 5.69. The highest BCUT2D eigenvalue weighted by Crippen LogP contribution is 2.53. The molecule has 1 aliphatic heterocycles. The van der Waals surface area contributed by atoms with Gasteiger partial charge in [0.15, 0.2) is 0 Å². The number of nitrogens with zero attached hydrogens (tertiary/aromatic N) is 1. The lowest BCUT2D eigenvalue weighted by molar-refractivity contribution is 0.0107. The molecule has 34 heavy (non-hydrogen) atoms. The largest absolute Gasteiger partial charge is 0.487 e. The molecule has 3 rings (SSSR count). The van der Waals surface area contributed by atoms with Crippen LogP contribution in [-0.2, 0) is 15.5 Å². The first kappa shape index (κ1) is 26.9. The van der Waals surface area contributed by atoms with Gasteiger partial charge in [0, 0.05) is 31.0 Å². The van der Waals surface area contributed by atoms with Gasteiger partial charge in [0.2, 0.25) is 0 Å². The molecule has 1 heterocycles. The number of amides is 1. The summed E-state index contributed by atoms with van der Waals surface area (Å²) in [5.41, 5.74) is 3.12. The summed E-state index contributed by atoms with van der Waals surface area (Å²) in [5, 5.41) is 0. The second-order valence-corrected chi connectivity index (χ2v) is 11.1. The molecule has 1 aromatic rings. The monoisotopic (exact) mass is 493 g/mol. The average Bonchev–Trinajstić information content (AvgIpc) is 2.72. The zero-order valence-corrected chi connectivity index (χ0v) is 22.5. The van der Waals surface area contributed by atoms with Crippen molar-refractivity contribution in [2.45, 2.75) is 84.8 Å². The molecule has 1 aromatic carbocycles. The van der Waals surface area contributed by atoms with E-state index in [2.05, 4.69) is 39.8 Å². The summed E-state index contributed by atoms with van der Waals surface area (Å²) in [5.74, 6) is 1.84. The molecule has 0 saturated carbocycles. The Labute approximate surface area is 205 Å². The molecule has 2 aliphatic rings. The number of benzene rings is 1. The Morgan fingerprint density at radius 3 is 2.76 bits per heavy atom. The third-order valence-corrected chi connectivity index (χ3v) is 7.49. The van der Waals surface area contributed by atoms with Crippen molar-refractivity contribution >= 4 is 14.7 Å². The van der Waals surface area contributed by atoms with Crippen LogP contribution in [0.2, 0.25) is 0 Å². The van der Waals surface area contributed by atoms with Crippen molar-refractivity contribution in [3.63, 3.8) is 0 Å². The van der Waals surface area contributed by atoms with Gasteiger partial charge in [-0.05, 0) is 71.6 Å². The summed E-state index contributed by atoms with van der Waals surface area (Å²) in [6.45, 7) is 12.7. The predicted molar refractivity (Wildman–Crippen MR) is 134 cm³/mol. The van der Waals surface area contributed by atoms with E-state index in [1.807, 2.05) is 19.9 Å². The number of likely N-dealkylation sites (N-methyl/N-ethyl adjacent to an activating group) is 1. The zero-order chi connectivity index (χ0) is 25.0. The van der Waals surface area contributed by atoms with Gasteiger partial charge < -0.3 is 28.3 Å². The summed E-state index contributed by atoms with van der Waals surface area (Å²) in [6, 6.07) is 4.10. The number of fused-ring (bicyclic) bond motifs is 3. The van der Waals surface area contributed by atoms with Crippen LogP contribution in [0, 0.1) is 5.92 Å². The molecule has 7 nitrogen and oxygen atoms in total. The lowest BCUT2D eigenvalue weighted by Crippen LogP contribution is -2.45. The topological polar surface area (TPSA) is 77.5 Å². The van der Waals surface area contributed by atoms with Crippen LogP contribution in [-0.4, -0.2) is 47.8 Å². The molecular weight excluding hydrogens is 453 g/mol. The van der Waals surface area contributed by atoms with Crippen LogP contribution in [0.5, 0.6) is 11.5 Å². The molecule has 0 saturated heterocycles. The van der Waals surface area contributed by atoms with Crippen molar-refractivity contribution in [1.29, 1.82) is 0 Å². The van der Waals surface area contributed by atoms with Crippen LogP contribution < -0.4 is 9.47 Å². The number of rotatable bonds is 9. The summed E-state index contributed by atoms with van der Waals surface area (Å²) >= 11 is 0. The molecule has 1 amide bonds. The van der Waals surface area contributed by atoms with Crippen LogP contribution in [0.25, 0.3) is 0 Å². The second kappa shape index (κ2) is 11.4. The molecule has 0 bridgehead atoms. The maximum absolute atomic E-state index is 13.0. The van der Waals surface area contributed by atoms with Crippen LogP contribution in [0.4, 0.5) is 4.79 Å². The number of allylic oxidation sites excluding steroid dienone is 2. The number of carbonyl (C=O) groups is 1. The first-order valence-corrected chi connectivity index (χ1v) is 13.4. The molecule has 3 atom stereocenters. The normalized spacial score (nSPS) is 21.7. The minimum atomic E-state index is -1.96. The van der Waals surface area contributed by atoms with E-state index >= 15 is 0 Å². The fourth-order valence-corrected chi connectivity index (χ4v) is 5.47. The van der Waals surface area contributed by atoms with Crippen molar-refractivity contribution in [2.24, 2.45) is 5.92 Å². The predicted octanol–water partition coefficient (Wildman–Crippen LogP) is 6.34. The lowest BCUT2D eigenvalue weighted by atomic mass is 9.68. The Bertz CT molecular complexity index is 900. The Morgan fingerprint density at radius 1 is 1.35 bits per heavy atom. The zero-order valence-electron chi connectivity index (χ0n) is 21.6. The van der Waals surface area contributed by atoms with Crippen molar-refractivity contribution < 1.29 is 28.2 Å². The van der Waals surface area contributed by atoms with Gasteiger partial charge in [0.25, 0.3) is 0 Å². The van der Waals surface area contributed by atoms with Crippen molar-refractivity contribution in [2.75, 3.05) is 20.2 Å². The van der Waals surface area contributed by atoms with Gasteiger partial charge in [-0.2, -0.15) is 0 Å². The smallest absolute Gasteiger partial charge is 0.415 e. The van der Waals surface area contributed by atoms with E-state index in [0.29, 0.717) is 11.7 Å². The number of hydrogen-bond donors (Lipinski definition) is 1. The average molecular weight is 494 g/mol. The van der Waals surface area contributed by atoms with Crippen LogP contribution in [0.1, 0.15) is 77.8 Å². The van der Waals surface area contributed by atoms with E-state index in [1.165, 1.54) is 10.5 Å². The molecular formula is C26H40NO6P. The lowest BCUT2D eigenvalue weighted by Gasteiger charge is -2.46. The molecule has 0 radical (unpaired) electrons. The number of hydrogen-bond acceptors (Lipinski definition) is 6. The molecule has 1 N–H and O–H groups in total. The van der Waals surface area contributed by atoms with Crippen LogP contribution in [0.15, 0.2) is 23.8 Å². The molecule has 8 heteroatoms. The van der Waals surface area contributed by atoms with Crippen LogP contribution in [0.3, 0.4) is 0 Å². The van der Waals surface area contributed by atoms with Gasteiger partial charge in [-0.25, -0.2) is 4.79 Å². The van der Waals surface area contributed by atoms with Gasteiger partial charge in [0.1, 0.15) is 17.1 Å². The Hall–Kier alpha value is -1.66. The van der Waals surface area contributed by atoms with E-state index in [9.17, 15) is 9.69 Å². The maximum Gasteiger partial charge on any atom is 0.415 e. The summed E-state index contributed by atoms with van der Waals surface area (Å²) in [4.78, 5) is 24.2. The van der Waals surface area contributed by atoms with Gasteiger partial charge >= 0.3 is 14.7 Å². The number of ether oxygens (including phenoxy) is 2. The fourth-order valence-electron chi connectivity index (χ4n) is 4.81. The van der Waals surface area contributed by atoms with Gasteiger partial charge in [0.05, 0.1) is 12.7 Å². The Morgan fingerprint density at radius 2 is 2.09 bits per heavy atom. The molecule has 0 fully saturated rings. The van der Waals surface area contributed by atoms with Crippen molar-refractivity contribution in [1.82, 2.24) is 4.90 Å². The molecule has 1 aliphatic carbocycles. The SMILES string of the molecule is CCCc1cc(OC(=O)N(C)CCOP(O)OC(C)C)c2c(c1)OC(C)(C)[C@@H]1CCC(C)=CC21. The molecule has 190 valence electrons. The van der Waals surface area contributed by atoms with Crippen LogP contribution >= 0.6 is 8.60 Å². The number of carbonyl (C=O) groups excluding carboxylic acids is 1. The third-order valence-electron chi connectivity index (χ3n) is 6.49.